The van der Waals surface area contributed by atoms with E-state index in [0.717, 1.165) is 67.0 Å². The third kappa shape index (κ3) is 10.3. The van der Waals surface area contributed by atoms with Gasteiger partial charge in [-0.15, -0.1) is 0 Å². The van der Waals surface area contributed by atoms with Gasteiger partial charge in [-0.2, -0.15) is 0 Å². The Labute approximate surface area is 257 Å². The lowest BCUT2D eigenvalue weighted by Gasteiger charge is -2.09. The van der Waals surface area contributed by atoms with Crippen molar-refractivity contribution in [2.45, 2.75) is 56.7 Å². The summed E-state index contributed by atoms with van der Waals surface area (Å²) in [6.07, 6.45) is 11.2. The summed E-state index contributed by atoms with van der Waals surface area (Å²) in [5.41, 5.74) is 4.64. The van der Waals surface area contributed by atoms with E-state index in [0.29, 0.717) is 29.5 Å². The van der Waals surface area contributed by atoms with Crippen LogP contribution in [-0.2, 0) is 32.6 Å². The number of rotatable bonds is 17. The van der Waals surface area contributed by atoms with Crippen LogP contribution in [0.3, 0.4) is 0 Å². The van der Waals surface area contributed by atoms with Gasteiger partial charge in [0, 0.05) is 36.0 Å². The second kappa shape index (κ2) is 17.2. The highest BCUT2D eigenvalue weighted by Crippen LogP contribution is 2.24. The van der Waals surface area contributed by atoms with Crippen LogP contribution in [0, 0.1) is 0 Å². The van der Waals surface area contributed by atoms with Gasteiger partial charge in [0.2, 0.25) is 5.91 Å². The van der Waals surface area contributed by atoms with Crippen molar-refractivity contribution in [3.63, 3.8) is 0 Å². The Morgan fingerprint density at radius 3 is 2.49 bits per heavy atom. The minimum Gasteiger partial charge on any atom is -0.491 e. The van der Waals surface area contributed by atoms with E-state index in [9.17, 15) is 9.00 Å². The van der Waals surface area contributed by atoms with Crippen LogP contribution in [0.15, 0.2) is 96.3 Å². The lowest BCUT2D eigenvalue weighted by molar-refractivity contribution is -0.111. The zero-order valence-corrected chi connectivity index (χ0v) is 25.9. The van der Waals surface area contributed by atoms with E-state index in [1.807, 2.05) is 48.5 Å². The van der Waals surface area contributed by atoms with E-state index in [-0.39, 0.29) is 5.91 Å². The van der Waals surface area contributed by atoms with E-state index < -0.39 is 10.8 Å². The monoisotopic (exact) mass is 599 g/mol. The van der Waals surface area contributed by atoms with Crippen LogP contribution in [0.25, 0.3) is 17.2 Å². The Bertz CT molecular complexity index is 1480. The molecule has 0 aliphatic carbocycles. The Morgan fingerprint density at radius 1 is 0.930 bits per heavy atom. The molecule has 4 aromatic rings. The molecule has 1 N–H and O–H groups in total. The summed E-state index contributed by atoms with van der Waals surface area (Å²) in [4.78, 5) is 17.5. The average Bonchev–Trinajstić information content (AvgIpc) is 3.48. The van der Waals surface area contributed by atoms with Crippen molar-refractivity contribution >= 4 is 28.5 Å². The van der Waals surface area contributed by atoms with Crippen LogP contribution >= 0.6 is 0 Å². The molecule has 8 heteroatoms. The van der Waals surface area contributed by atoms with Gasteiger partial charge in [0.25, 0.3) is 0 Å². The molecular weight excluding hydrogens is 558 g/mol. The average molecular weight is 600 g/mol. The van der Waals surface area contributed by atoms with Crippen LogP contribution in [0.5, 0.6) is 5.75 Å². The van der Waals surface area contributed by atoms with Gasteiger partial charge in [0.15, 0.2) is 0 Å². The predicted molar refractivity (Wildman–Crippen MR) is 174 cm³/mol. The molecule has 0 radical (unpaired) electrons. The van der Waals surface area contributed by atoms with Gasteiger partial charge < -0.3 is 19.4 Å². The molecule has 0 fully saturated rings. The fourth-order valence-corrected chi connectivity index (χ4v) is 5.51. The Kier molecular flexibility index (Phi) is 12.8. The third-order valence-corrected chi connectivity index (χ3v) is 8.21. The van der Waals surface area contributed by atoms with Gasteiger partial charge in [-0.25, -0.2) is 4.98 Å². The SMILES string of the molecule is CCCCOCCOc1ccc(-c2cccc(/C=C/C(=O)Nc3ccc(S(=O)Cc4cncn4CCCC)cc3)c2)cc1. The van der Waals surface area contributed by atoms with Gasteiger partial charge in [0.05, 0.1) is 35.2 Å². The molecule has 0 saturated carbocycles. The first-order valence-electron chi connectivity index (χ1n) is 14.9. The maximum atomic E-state index is 12.9. The van der Waals surface area contributed by atoms with Crippen molar-refractivity contribution in [3.05, 3.63) is 103 Å². The number of nitrogens with zero attached hydrogens (tertiary/aromatic N) is 2. The number of ether oxygens (including phenoxy) is 2. The molecule has 1 atom stereocenters. The third-order valence-electron chi connectivity index (χ3n) is 6.85. The lowest BCUT2D eigenvalue weighted by atomic mass is 10.0. The molecule has 0 saturated heterocycles. The molecule has 43 heavy (non-hydrogen) atoms. The maximum absolute atomic E-state index is 12.9. The summed E-state index contributed by atoms with van der Waals surface area (Å²) < 4.78 is 26.3. The number of unbranched alkanes of at least 4 members (excludes halogenated alkanes) is 2. The smallest absolute Gasteiger partial charge is 0.248 e. The van der Waals surface area contributed by atoms with Crippen molar-refractivity contribution < 1.29 is 18.5 Å². The van der Waals surface area contributed by atoms with Crippen molar-refractivity contribution in [2.24, 2.45) is 0 Å². The number of nitrogens with one attached hydrogen (secondary N) is 1. The number of aromatic nitrogens is 2. The highest BCUT2D eigenvalue weighted by atomic mass is 32.2. The maximum Gasteiger partial charge on any atom is 0.248 e. The molecule has 0 bridgehead atoms. The van der Waals surface area contributed by atoms with Crippen LogP contribution in [0.2, 0.25) is 0 Å². The number of anilines is 1. The normalized spacial score (nSPS) is 12.0. The fraction of sp³-hybridized carbons (Fsp3) is 0.314. The van der Waals surface area contributed by atoms with Crippen LogP contribution in [0.1, 0.15) is 50.8 Å². The number of carbonyl (C=O) groups is 1. The number of imidazole rings is 1. The predicted octanol–water partition coefficient (Wildman–Crippen LogP) is 7.51. The quantitative estimate of drug-likeness (QED) is 0.100. The highest BCUT2D eigenvalue weighted by molar-refractivity contribution is 7.84. The lowest BCUT2D eigenvalue weighted by Crippen LogP contribution is -2.08. The molecule has 0 aliphatic rings. The largest absolute Gasteiger partial charge is 0.491 e. The van der Waals surface area contributed by atoms with E-state index in [4.69, 9.17) is 9.47 Å². The van der Waals surface area contributed by atoms with Crippen LogP contribution < -0.4 is 10.1 Å². The molecule has 1 aromatic heterocycles. The molecule has 3 aromatic carbocycles. The highest BCUT2D eigenvalue weighted by Gasteiger charge is 2.10. The molecule has 7 nitrogen and oxygen atoms in total. The first-order valence-corrected chi connectivity index (χ1v) is 16.2. The molecule has 1 amide bonds. The first kappa shape index (κ1) is 31.9. The summed E-state index contributed by atoms with van der Waals surface area (Å²) in [5.74, 6) is 0.980. The van der Waals surface area contributed by atoms with Gasteiger partial charge in [-0.05, 0) is 78.1 Å². The second-order valence-electron chi connectivity index (χ2n) is 10.2. The number of aryl methyl sites for hydroxylation is 1. The van der Waals surface area contributed by atoms with Crippen molar-refractivity contribution in [1.82, 2.24) is 9.55 Å². The molecule has 226 valence electrons. The molecule has 1 unspecified atom stereocenters. The standard InChI is InChI=1S/C35H41N3O4S/c1-3-5-20-38-27-36-25-32(38)26-43(40)34-17-13-31(14-18-34)37-35(39)19-10-28-8-7-9-30(24-28)29-11-15-33(16-12-29)42-23-22-41-21-6-4-2/h7-19,24-25,27H,3-6,20-23,26H2,1-2H3,(H,37,39)/b19-10+. The molecule has 4 rings (SSSR count). The van der Waals surface area contributed by atoms with Gasteiger partial charge in [-0.3, -0.25) is 9.00 Å². The van der Waals surface area contributed by atoms with Gasteiger partial charge in [-0.1, -0.05) is 57.0 Å². The van der Waals surface area contributed by atoms with E-state index in [2.05, 4.69) is 28.7 Å². The van der Waals surface area contributed by atoms with Gasteiger partial charge in [0.1, 0.15) is 12.4 Å². The summed E-state index contributed by atoms with van der Waals surface area (Å²) >= 11 is 0. The summed E-state index contributed by atoms with van der Waals surface area (Å²) in [5, 5.41) is 2.88. The molecule has 1 heterocycles. The minimum atomic E-state index is -1.20. The number of carbonyl (C=O) groups excluding carboxylic acids is 1. The zero-order valence-electron chi connectivity index (χ0n) is 25.0. The minimum absolute atomic E-state index is 0.237. The van der Waals surface area contributed by atoms with Crippen LogP contribution in [-0.4, -0.2) is 39.5 Å². The van der Waals surface area contributed by atoms with Crippen molar-refractivity contribution in [2.75, 3.05) is 25.1 Å². The summed E-state index contributed by atoms with van der Waals surface area (Å²) in [6.45, 7) is 7.06. The number of hydrogen-bond donors (Lipinski definition) is 1. The van der Waals surface area contributed by atoms with E-state index in [1.165, 1.54) is 6.08 Å². The molecular formula is C35H41N3O4S. The fourth-order valence-electron chi connectivity index (χ4n) is 4.39. The zero-order chi connectivity index (χ0) is 30.3. The molecule has 0 spiro atoms. The van der Waals surface area contributed by atoms with Crippen LogP contribution in [0.4, 0.5) is 5.69 Å². The Hall–Kier alpha value is -4.01. The summed E-state index contributed by atoms with van der Waals surface area (Å²) in [6, 6.07) is 23.1. The topological polar surface area (TPSA) is 82.4 Å². The van der Waals surface area contributed by atoms with E-state index in [1.54, 1.807) is 42.9 Å². The Balaban J connectivity index is 1.27. The summed E-state index contributed by atoms with van der Waals surface area (Å²) in [7, 11) is -1.20. The number of hydrogen-bond acceptors (Lipinski definition) is 5. The molecule has 0 aliphatic heterocycles. The Morgan fingerprint density at radius 2 is 1.72 bits per heavy atom. The van der Waals surface area contributed by atoms with E-state index >= 15 is 0 Å². The first-order chi connectivity index (χ1) is 21.1. The van der Waals surface area contributed by atoms with Crippen molar-refractivity contribution in [1.29, 1.82) is 0 Å². The second-order valence-corrected chi connectivity index (χ2v) is 11.7. The number of benzene rings is 3. The van der Waals surface area contributed by atoms with Crippen molar-refractivity contribution in [3.8, 4) is 16.9 Å². The number of amides is 1. The van der Waals surface area contributed by atoms with Gasteiger partial charge >= 0.3 is 0 Å².